The molecule has 0 heterocycles. The van der Waals surface area contributed by atoms with Gasteiger partial charge < -0.3 is 14.6 Å². The number of ether oxygens (including phenoxy) is 2. The van der Waals surface area contributed by atoms with E-state index < -0.39 is 5.97 Å². The fourth-order valence-electron chi connectivity index (χ4n) is 1.31. The maximum absolute atomic E-state index is 10.3. The summed E-state index contributed by atoms with van der Waals surface area (Å²) in [4.78, 5) is 10.3. The van der Waals surface area contributed by atoms with Gasteiger partial charge in [-0.1, -0.05) is 30.3 Å². The van der Waals surface area contributed by atoms with Crippen LogP contribution in [0.1, 0.15) is 18.9 Å². The number of carbonyl (C=O) groups is 1. The third-order valence-corrected chi connectivity index (χ3v) is 2.18. The van der Waals surface area contributed by atoms with Gasteiger partial charge in [0.25, 0.3) is 0 Å². The molecule has 0 radical (unpaired) electrons. The quantitative estimate of drug-likeness (QED) is 0.753. The second-order valence-electron chi connectivity index (χ2n) is 3.83. The number of rotatable bonds is 8. The highest BCUT2D eigenvalue weighted by atomic mass is 16.5. The average Bonchev–Trinajstić information content (AvgIpc) is 2.30. The molecule has 0 amide bonds. The first-order valence-electron chi connectivity index (χ1n) is 5.63. The fourth-order valence-corrected chi connectivity index (χ4v) is 1.31. The maximum Gasteiger partial charge on any atom is 0.305 e. The minimum atomic E-state index is -0.845. The van der Waals surface area contributed by atoms with Crippen molar-refractivity contribution in [3.63, 3.8) is 0 Å². The number of benzene rings is 1. The summed E-state index contributed by atoms with van der Waals surface area (Å²) in [5.41, 5.74) is 1.12. The summed E-state index contributed by atoms with van der Waals surface area (Å²) in [5, 5.41) is 8.44. The molecule has 1 aromatic rings. The molecule has 0 saturated heterocycles. The monoisotopic (exact) mass is 238 g/mol. The number of carboxylic acids is 1. The van der Waals surface area contributed by atoms with Gasteiger partial charge in [0.15, 0.2) is 0 Å². The normalized spacial score (nSPS) is 12.3. The van der Waals surface area contributed by atoms with E-state index in [2.05, 4.69) is 0 Å². The van der Waals surface area contributed by atoms with Gasteiger partial charge in [-0.05, 0) is 12.5 Å². The SMILES string of the molecule is C[C@@H](COCc1ccccc1)OCCC(=O)O. The molecule has 1 N–H and O–H groups in total. The largest absolute Gasteiger partial charge is 0.481 e. The van der Waals surface area contributed by atoms with Crippen molar-refractivity contribution in [2.24, 2.45) is 0 Å². The zero-order valence-corrected chi connectivity index (χ0v) is 9.96. The first-order chi connectivity index (χ1) is 8.18. The smallest absolute Gasteiger partial charge is 0.305 e. The third kappa shape index (κ3) is 6.71. The predicted molar refractivity (Wildman–Crippen MR) is 63.8 cm³/mol. The van der Waals surface area contributed by atoms with E-state index in [0.29, 0.717) is 13.2 Å². The lowest BCUT2D eigenvalue weighted by Gasteiger charge is -2.12. The van der Waals surface area contributed by atoms with Crippen LogP contribution < -0.4 is 0 Å². The van der Waals surface area contributed by atoms with Crippen molar-refractivity contribution in [3.8, 4) is 0 Å². The van der Waals surface area contributed by atoms with E-state index in [1.807, 2.05) is 37.3 Å². The van der Waals surface area contributed by atoms with Gasteiger partial charge in [-0.2, -0.15) is 0 Å². The van der Waals surface area contributed by atoms with E-state index >= 15 is 0 Å². The van der Waals surface area contributed by atoms with Crippen molar-refractivity contribution in [1.82, 2.24) is 0 Å². The molecule has 0 fully saturated rings. The lowest BCUT2D eigenvalue weighted by atomic mass is 10.2. The standard InChI is InChI=1S/C13H18O4/c1-11(17-8-7-13(14)15)9-16-10-12-5-3-2-4-6-12/h2-6,11H,7-10H2,1H3,(H,14,15)/t11-/m0/s1. The summed E-state index contributed by atoms with van der Waals surface area (Å²) in [6.07, 6.45) is -0.0543. The van der Waals surface area contributed by atoms with Gasteiger partial charge in [0.2, 0.25) is 0 Å². The van der Waals surface area contributed by atoms with E-state index in [0.717, 1.165) is 5.56 Å². The number of hydrogen-bond acceptors (Lipinski definition) is 3. The van der Waals surface area contributed by atoms with Gasteiger partial charge in [-0.15, -0.1) is 0 Å². The Balaban J connectivity index is 2.08. The Bertz CT molecular complexity index is 323. The molecule has 0 unspecified atom stereocenters. The highest BCUT2D eigenvalue weighted by Gasteiger charge is 2.04. The fraction of sp³-hybridized carbons (Fsp3) is 0.462. The molecule has 0 aliphatic carbocycles. The molecule has 0 bridgehead atoms. The van der Waals surface area contributed by atoms with Crippen molar-refractivity contribution in [3.05, 3.63) is 35.9 Å². The summed E-state index contributed by atoms with van der Waals surface area (Å²) in [6.45, 7) is 3.11. The van der Waals surface area contributed by atoms with Crippen molar-refractivity contribution in [2.75, 3.05) is 13.2 Å². The van der Waals surface area contributed by atoms with E-state index in [1.165, 1.54) is 0 Å². The topological polar surface area (TPSA) is 55.8 Å². The number of aliphatic carboxylic acids is 1. The van der Waals surface area contributed by atoms with Gasteiger partial charge in [0, 0.05) is 0 Å². The maximum atomic E-state index is 10.3. The van der Waals surface area contributed by atoms with Crippen LogP contribution in [0.15, 0.2) is 30.3 Å². The molecular formula is C13H18O4. The van der Waals surface area contributed by atoms with Crippen LogP contribution in [0.5, 0.6) is 0 Å². The van der Waals surface area contributed by atoms with Crippen LogP contribution in [-0.2, 0) is 20.9 Å². The minimum Gasteiger partial charge on any atom is -0.481 e. The van der Waals surface area contributed by atoms with Crippen molar-refractivity contribution < 1.29 is 19.4 Å². The first kappa shape index (κ1) is 13.7. The van der Waals surface area contributed by atoms with Crippen LogP contribution in [-0.4, -0.2) is 30.4 Å². The molecular weight excluding hydrogens is 220 g/mol. The summed E-state index contributed by atoms with van der Waals surface area (Å²) in [6, 6.07) is 9.88. The van der Waals surface area contributed by atoms with E-state index in [-0.39, 0.29) is 19.1 Å². The van der Waals surface area contributed by atoms with Gasteiger partial charge in [0.1, 0.15) is 0 Å². The molecule has 4 nitrogen and oxygen atoms in total. The van der Waals surface area contributed by atoms with Crippen LogP contribution in [0, 0.1) is 0 Å². The molecule has 1 rings (SSSR count). The van der Waals surface area contributed by atoms with E-state index in [9.17, 15) is 4.79 Å². The van der Waals surface area contributed by atoms with Crippen molar-refractivity contribution >= 4 is 5.97 Å². The molecule has 0 saturated carbocycles. The molecule has 94 valence electrons. The van der Waals surface area contributed by atoms with Gasteiger partial charge in [-0.25, -0.2) is 0 Å². The minimum absolute atomic E-state index is 0.0308. The lowest BCUT2D eigenvalue weighted by molar-refractivity contribution is -0.138. The predicted octanol–water partition coefficient (Wildman–Crippen LogP) is 2.08. The Hall–Kier alpha value is -1.39. The second kappa shape index (κ2) is 7.81. The third-order valence-electron chi connectivity index (χ3n) is 2.18. The van der Waals surface area contributed by atoms with Crippen LogP contribution >= 0.6 is 0 Å². The van der Waals surface area contributed by atoms with Gasteiger partial charge >= 0.3 is 5.97 Å². The van der Waals surface area contributed by atoms with E-state index in [4.69, 9.17) is 14.6 Å². The van der Waals surface area contributed by atoms with Crippen LogP contribution in [0.2, 0.25) is 0 Å². The zero-order chi connectivity index (χ0) is 12.5. The molecule has 0 spiro atoms. The molecule has 4 heteroatoms. The zero-order valence-electron chi connectivity index (χ0n) is 9.96. The van der Waals surface area contributed by atoms with Gasteiger partial charge in [-0.3, -0.25) is 4.79 Å². The van der Waals surface area contributed by atoms with Gasteiger partial charge in [0.05, 0.1) is 32.3 Å². The molecule has 1 aromatic carbocycles. The number of hydrogen-bond donors (Lipinski definition) is 1. The second-order valence-corrected chi connectivity index (χ2v) is 3.83. The average molecular weight is 238 g/mol. The van der Waals surface area contributed by atoms with Crippen LogP contribution in [0.25, 0.3) is 0 Å². The molecule has 0 aliphatic rings. The summed E-state index contributed by atoms with van der Waals surface area (Å²) >= 11 is 0. The highest BCUT2D eigenvalue weighted by molar-refractivity contribution is 5.66. The van der Waals surface area contributed by atoms with Crippen LogP contribution in [0.4, 0.5) is 0 Å². The Labute approximate surface area is 101 Å². The molecule has 0 aliphatic heterocycles. The molecule has 17 heavy (non-hydrogen) atoms. The lowest BCUT2D eigenvalue weighted by Crippen LogP contribution is -2.17. The first-order valence-corrected chi connectivity index (χ1v) is 5.63. The summed E-state index contributed by atoms with van der Waals surface area (Å²) in [5.74, 6) is -0.845. The van der Waals surface area contributed by atoms with Crippen molar-refractivity contribution in [2.45, 2.75) is 26.1 Å². The van der Waals surface area contributed by atoms with Crippen LogP contribution in [0.3, 0.4) is 0 Å². The van der Waals surface area contributed by atoms with Crippen molar-refractivity contribution in [1.29, 1.82) is 0 Å². The summed E-state index contributed by atoms with van der Waals surface area (Å²) in [7, 11) is 0. The molecule has 1 atom stereocenters. The Kier molecular flexibility index (Phi) is 6.29. The van der Waals surface area contributed by atoms with E-state index in [1.54, 1.807) is 0 Å². The summed E-state index contributed by atoms with van der Waals surface area (Å²) < 4.78 is 10.8. The molecule has 0 aromatic heterocycles. The highest BCUT2D eigenvalue weighted by Crippen LogP contribution is 2.02. The number of carboxylic acid groups (broad SMARTS) is 1. The Morgan fingerprint density at radius 1 is 1.35 bits per heavy atom. The Morgan fingerprint density at radius 2 is 2.06 bits per heavy atom. The Morgan fingerprint density at radius 3 is 2.71 bits per heavy atom.